The van der Waals surface area contributed by atoms with Crippen molar-refractivity contribution in [3.63, 3.8) is 0 Å². The maximum absolute atomic E-state index is 5.86. The highest BCUT2D eigenvalue weighted by molar-refractivity contribution is 7.80. The van der Waals surface area contributed by atoms with Crippen molar-refractivity contribution < 1.29 is 4.74 Å². The fraction of sp³-hybridized carbons (Fsp3) is 0.360. The summed E-state index contributed by atoms with van der Waals surface area (Å²) >= 11 is 5.86. The summed E-state index contributed by atoms with van der Waals surface area (Å²) in [5.74, 6) is 0. The van der Waals surface area contributed by atoms with Crippen LogP contribution in [0.15, 0.2) is 54.7 Å². The van der Waals surface area contributed by atoms with Crippen molar-refractivity contribution in [2.75, 3.05) is 37.6 Å². The van der Waals surface area contributed by atoms with Crippen LogP contribution in [0.5, 0.6) is 0 Å². The molecule has 1 fully saturated rings. The van der Waals surface area contributed by atoms with E-state index in [1.54, 1.807) is 7.11 Å². The Morgan fingerprint density at radius 1 is 1.12 bits per heavy atom. The Bertz CT molecular complexity index is 1080. The fourth-order valence-corrected chi connectivity index (χ4v) is 4.86. The quantitative estimate of drug-likeness (QED) is 0.540. The molecule has 32 heavy (non-hydrogen) atoms. The highest BCUT2D eigenvalue weighted by Gasteiger charge is 2.42. The van der Waals surface area contributed by atoms with Gasteiger partial charge in [-0.05, 0) is 74.1 Å². The zero-order valence-corrected chi connectivity index (χ0v) is 20.2. The van der Waals surface area contributed by atoms with Gasteiger partial charge < -0.3 is 24.4 Å². The molecule has 0 amide bonds. The molecule has 0 radical (unpaired) electrons. The van der Waals surface area contributed by atoms with Crippen LogP contribution in [-0.4, -0.2) is 42.5 Å². The Hall–Kier alpha value is -2.90. The number of pyridine rings is 1. The monoisotopic (exact) mass is 449 g/mol. The average molecular weight is 450 g/mol. The van der Waals surface area contributed by atoms with Crippen LogP contribution in [0.1, 0.15) is 34.7 Å². The summed E-state index contributed by atoms with van der Waals surface area (Å²) in [4.78, 5) is 8.99. The lowest BCUT2D eigenvalue weighted by atomic mass is 9.96. The number of aryl methyl sites for hydroxylation is 1. The summed E-state index contributed by atoms with van der Waals surface area (Å²) in [7, 11) is 5.84. The topological polar surface area (TPSA) is 45.6 Å². The summed E-state index contributed by atoms with van der Waals surface area (Å²) in [5, 5.41) is 4.27. The van der Waals surface area contributed by atoms with Gasteiger partial charge in [-0.1, -0.05) is 6.07 Å². The molecule has 168 valence electrons. The lowest BCUT2D eigenvalue weighted by Gasteiger charge is -2.28. The first-order chi connectivity index (χ1) is 15.4. The van der Waals surface area contributed by atoms with E-state index in [0.717, 1.165) is 23.6 Å². The molecule has 0 spiro atoms. The predicted octanol–water partition coefficient (Wildman–Crippen LogP) is 4.39. The second-order valence-electron chi connectivity index (χ2n) is 8.38. The number of ether oxygens (including phenoxy) is 1. The minimum absolute atomic E-state index is 0.00917. The summed E-state index contributed by atoms with van der Waals surface area (Å²) in [6.07, 6.45) is 1.84. The molecule has 7 heteroatoms. The van der Waals surface area contributed by atoms with Crippen molar-refractivity contribution >= 4 is 28.7 Å². The van der Waals surface area contributed by atoms with Crippen LogP contribution in [0.25, 0.3) is 0 Å². The fourth-order valence-electron chi connectivity index (χ4n) is 4.51. The molecular formula is C25H31N5OS. The third-order valence-electron chi connectivity index (χ3n) is 6.19. The maximum Gasteiger partial charge on any atom is 0.174 e. The van der Waals surface area contributed by atoms with Gasteiger partial charge in [-0.25, -0.2) is 0 Å². The van der Waals surface area contributed by atoms with E-state index in [2.05, 4.69) is 74.9 Å². The number of aromatic nitrogens is 2. The van der Waals surface area contributed by atoms with E-state index in [1.165, 1.54) is 17.0 Å². The number of hydrogen-bond donors (Lipinski definition) is 1. The van der Waals surface area contributed by atoms with Gasteiger partial charge in [0.2, 0.25) is 0 Å². The highest BCUT2D eigenvalue weighted by Crippen LogP contribution is 2.43. The molecule has 2 aromatic heterocycles. The molecule has 3 aromatic rings. The van der Waals surface area contributed by atoms with Crippen molar-refractivity contribution in [3.05, 3.63) is 77.4 Å². The van der Waals surface area contributed by atoms with Gasteiger partial charge in [0.1, 0.15) is 0 Å². The Morgan fingerprint density at radius 3 is 2.50 bits per heavy atom. The summed E-state index contributed by atoms with van der Waals surface area (Å²) in [5.41, 5.74) is 6.90. The normalized spacial score (nSPS) is 18.2. The molecule has 0 saturated carbocycles. The Balaban J connectivity index is 1.81. The molecule has 1 N–H and O–H groups in total. The lowest BCUT2D eigenvalue weighted by Crippen LogP contribution is -2.29. The smallest absolute Gasteiger partial charge is 0.174 e. The molecule has 1 aliphatic rings. The van der Waals surface area contributed by atoms with Crippen molar-refractivity contribution in [1.82, 2.24) is 14.9 Å². The number of nitrogens with zero attached hydrogens (tertiary/aromatic N) is 4. The van der Waals surface area contributed by atoms with Crippen molar-refractivity contribution in [2.24, 2.45) is 0 Å². The molecular weight excluding hydrogens is 418 g/mol. The van der Waals surface area contributed by atoms with Crippen LogP contribution in [0, 0.1) is 13.8 Å². The molecule has 1 aromatic carbocycles. The van der Waals surface area contributed by atoms with Gasteiger partial charge in [-0.15, -0.1) is 0 Å². The van der Waals surface area contributed by atoms with Gasteiger partial charge in [0.25, 0.3) is 0 Å². The molecule has 0 bridgehead atoms. The Labute approximate surface area is 195 Å². The first kappa shape index (κ1) is 22.3. The average Bonchev–Trinajstić information content (AvgIpc) is 3.28. The summed E-state index contributed by atoms with van der Waals surface area (Å²) in [6, 6.07) is 16.8. The molecule has 1 saturated heterocycles. The van der Waals surface area contributed by atoms with Gasteiger partial charge in [-0.2, -0.15) is 0 Å². The molecule has 1 aliphatic heterocycles. The third kappa shape index (κ3) is 4.10. The van der Waals surface area contributed by atoms with Gasteiger partial charge in [0, 0.05) is 56.7 Å². The van der Waals surface area contributed by atoms with Crippen LogP contribution in [0.3, 0.4) is 0 Å². The van der Waals surface area contributed by atoms with Gasteiger partial charge in [0.05, 0.1) is 24.4 Å². The van der Waals surface area contributed by atoms with Crippen LogP contribution >= 0.6 is 12.2 Å². The van der Waals surface area contributed by atoms with E-state index in [4.69, 9.17) is 17.0 Å². The van der Waals surface area contributed by atoms with Crippen LogP contribution in [0.4, 0.5) is 11.4 Å². The minimum Gasteiger partial charge on any atom is -0.383 e. The molecule has 2 atom stereocenters. The van der Waals surface area contributed by atoms with Crippen LogP contribution < -0.4 is 15.1 Å². The first-order valence-corrected chi connectivity index (χ1v) is 11.3. The van der Waals surface area contributed by atoms with Gasteiger partial charge >= 0.3 is 0 Å². The highest BCUT2D eigenvalue weighted by atomic mass is 32.1. The maximum atomic E-state index is 5.86. The summed E-state index contributed by atoms with van der Waals surface area (Å²) in [6.45, 7) is 5.84. The number of benzene rings is 1. The Morgan fingerprint density at radius 2 is 1.88 bits per heavy atom. The third-order valence-corrected chi connectivity index (χ3v) is 6.51. The predicted molar refractivity (Wildman–Crippen MR) is 134 cm³/mol. The largest absolute Gasteiger partial charge is 0.383 e. The number of methoxy groups -OCH3 is 1. The van der Waals surface area contributed by atoms with E-state index in [0.29, 0.717) is 11.7 Å². The van der Waals surface area contributed by atoms with Crippen LogP contribution in [0.2, 0.25) is 0 Å². The molecule has 0 aliphatic carbocycles. The van der Waals surface area contributed by atoms with Crippen molar-refractivity contribution in [3.8, 4) is 0 Å². The van der Waals surface area contributed by atoms with E-state index < -0.39 is 0 Å². The number of nitrogens with one attached hydrogen (secondary N) is 1. The van der Waals surface area contributed by atoms with E-state index in [-0.39, 0.29) is 12.1 Å². The number of thiocarbonyl (C=S) groups is 1. The van der Waals surface area contributed by atoms with Gasteiger partial charge in [-0.3, -0.25) is 4.98 Å². The zero-order chi connectivity index (χ0) is 22.8. The molecule has 6 nitrogen and oxygen atoms in total. The van der Waals surface area contributed by atoms with E-state index in [9.17, 15) is 0 Å². The second-order valence-corrected chi connectivity index (χ2v) is 8.77. The van der Waals surface area contributed by atoms with Crippen molar-refractivity contribution in [2.45, 2.75) is 32.5 Å². The first-order valence-electron chi connectivity index (χ1n) is 10.9. The van der Waals surface area contributed by atoms with Crippen molar-refractivity contribution in [1.29, 1.82) is 0 Å². The molecule has 0 unspecified atom stereocenters. The van der Waals surface area contributed by atoms with Gasteiger partial charge in [0.15, 0.2) is 5.11 Å². The Kier molecular flexibility index (Phi) is 6.48. The SMILES string of the molecule is COCCn1c(C)cc([C@@H]2[C@@H](c3ccccn3)NC(=S)N2c2ccc(N(C)C)cc2)c1C. The molecule has 3 heterocycles. The lowest BCUT2D eigenvalue weighted by molar-refractivity contribution is 0.186. The second kappa shape index (κ2) is 9.30. The number of rotatable bonds is 7. The van der Waals surface area contributed by atoms with E-state index >= 15 is 0 Å². The number of anilines is 2. The minimum atomic E-state index is -0.0476. The number of hydrogen-bond acceptors (Lipinski definition) is 4. The zero-order valence-electron chi connectivity index (χ0n) is 19.4. The van der Waals surface area contributed by atoms with Crippen LogP contribution in [-0.2, 0) is 11.3 Å². The summed E-state index contributed by atoms with van der Waals surface area (Å²) < 4.78 is 7.66. The molecule has 4 rings (SSSR count). The van der Waals surface area contributed by atoms with E-state index in [1.807, 2.05) is 32.4 Å². The standard InChI is InChI=1S/C25H31N5OS/c1-17-16-21(18(2)29(17)14-15-31-5)24-23(22-8-6-7-13-26-22)27-25(32)30(24)20-11-9-19(10-12-20)28(3)4/h6-13,16,23-24H,14-15H2,1-5H3,(H,27,32)/t23-,24-/m1/s1.